The minimum atomic E-state index is -3.59. The number of hydrogen-bond acceptors (Lipinski definition) is 4. The molecule has 0 radical (unpaired) electrons. The van der Waals surface area contributed by atoms with E-state index >= 15 is 0 Å². The van der Waals surface area contributed by atoms with Crippen LogP contribution in [0.1, 0.15) is 26.7 Å². The van der Waals surface area contributed by atoms with E-state index < -0.39 is 15.9 Å². The van der Waals surface area contributed by atoms with Crippen LogP contribution < -0.4 is 9.73 Å². The molecule has 0 saturated carbocycles. The maximum atomic E-state index is 11.9. The van der Waals surface area contributed by atoms with E-state index in [1.807, 2.05) is 13.8 Å². The highest BCUT2D eigenvalue weighted by molar-refractivity contribution is 7.92. The van der Waals surface area contributed by atoms with Crippen LogP contribution in [-0.2, 0) is 14.8 Å². The minimum absolute atomic E-state index is 0.343. The first kappa shape index (κ1) is 18.4. The second-order valence-electron chi connectivity index (χ2n) is 4.67. The molecule has 1 aromatic carbocycles. The minimum Gasteiger partial charge on any atom is -0.271 e. The highest BCUT2D eigenvalue weighted by Gasteiger charge is 2.20. The first-order valence-electron chi connectivity index (χ1n) is 6.85. The molecule has 122 valence electrons. The van der Waals surface area contributed by atoms with Crippen molar-refractivity contribution in [1.82, 2.24) is 5.43 Å². The van der Waals surface area contributed by atoms with Crippen LogP contribution in [0.5, 0.6) is 0 Å². The number of carbonyl (C=O) groups excluding carboxylic acids is 1. The molecule has 0 aliphatic heterocycles. The number of amides is 1. The van der Waals surface area contributed by atoms with E-state index in [-0.39, 0.29) is 6.54 Å². The van der Waals surface area contributed by atoms with Gasteiger partial charge in [-0.1, -0.05) is 25.4 Å². The lowest BCUT2D eigenvalue weighted by atomic mass is 10.2. The van der Waals surface area contributed by atoms with Gasteiger partial charge in [-0.25, -0.2) is 13.8 Å². The Morgan fingerprint density at radius 1 is 1.23 bits per heavy atom. The van der Waals surface area contributed by atoms with E-state index in [0.29, 0.717) is 10.7 Å². The van der Waals surface area contributed by atoms with Crippen LogP contribution in [0.2, 0.25) is 5.02 Å². The Balaban J connectivity index is 2.90. The topological polar surface area (TPSA) is 78.8 Å². The summed E-state index contributed by atoms with van der Waals surface area (Å²) < 4.78 is 24.8. The summed E-state index contributed by atoms with van der Waals surface area (Å²) in [6.07, 6.45) is 2.50. The zero-order chi connectivity index (χ0) is 16.8. The zero-order valence-corrected chi connectivity index (χ0v) is 14.4. The predicted octanol–water partition coefficient (Wildman–Crippen LogP) is 2.40. The van der Waals surface area contributed by atoms with Crippen molar-refractivity contribution >= 4 is 38.9 Å². The van der Waals surface area contributed by atoms with Gasteiger partial charge in [-0.2, -0.15) is 5.10 Å². The monoisotopic (exact) mass is 345 g/mol. The molecular weight excluding hydrogens is 326 g/mol. The molecule has 1 N–H and O–H groups in total. The lowest BCUT2D eigenvalue weighted by molar-refractivity contribution is -0.119. The van der Waals surface area contributed by atoms with Gasteiger partial charge in [0.15, 0.2) is 0 Å². The van der Waals surface area contributed by atoms with Crippen LogP contribution in [0.15, 0.2) is 29.4 Å². The van der Waals surface area contributed by atoms with Crippen molar-refractivity contribution in [2.45, 2.75) is 26.7 Å². The Hall–Kier alpha value is -1.60. The van der Waals surface area contributed by atoms with Gasteiger partial charge < -0.3 is 0 Å². The lowest BCUT2D eigenvalue weighted by Gasteiger charge is -2.21. The van der Waals surface area contributed by atoms with Crippen LogP contribution >= 0.6 is 11.6 Å². The number of hydrazone groups is 1. The van der Waals surface area contributed by atoms with Gasteiger partial charge in [0.05, 0.1) is 11.9 Å². The largest absolute Gasteiger partial charge is 0.271 e. The van der Waals surface area contributed by atoms with E-state index in [1.165, 1.54) is 0 Å². The van der Waals surface area contributed by atoms with Gasteiger partial charge in [-0.3, -0.25) is 9.10 Å². The molecule has 0 aliphatic rings. The molecule has 0 unspecified atom stereocenters. The van der Waals surface area contributed by atoms with Gasteiger partial charge in [0.25, 0.3) is 5.91 Å². The van der Waals surface area contributed by atoms with E-state index in [9.17, 15) is 13.2 Å². The quantitative estimate of drug-likeness (QED) is 0.608. The summed E-state index contributed by atoms with van der Waals surface area (Å²) in [6.45, 7) is 3.53. The van der Waals surface area contributed by atoms with Crippen molar-refractivity contribution in [2.24, 2.45) is 5.10 Å². The molecule has 1 aromatic rings. The zero-order valence-electron chi connectivity index (χ0n) is 12.8. The third-order valence-electron chi connectivity index (χ3n) is 2.96. The normalized spacial score (nSPS) is 10.9. The third-order valence-corrected chi connectivity index (χ3v) is 4.35. The Morgan fingerprint density at radius 3 is 2.23 bits per heavy atom. The number of anilines is 1. The standard InChI is InChI=1S/C14H20ClN3O3S/c1-4-12(5-2)16-17-14(19)10-18(22(3,20)21)13-8-6-11(15)7-9-13/h6-9H,4-5,10H2,1-3H3,(H,17,19). The van der Waals surface area contributed by atoms with Crippen molar-refractivity contribution in [3.05, 3.63) is 29.3 Å². The van der Waals surface area contributed by atoms with Gasteiger partial charge in [0, 0.05) is 10.7 Å². The second-order valence-corrected chi connectivity index (χ2v) is 7.01. The number of nitrogens with one attached hydrogen (secondary N) is 1. The first-order chi connectivity index (χ1) is 10.3. The summed E-state index contributed by atoms with van der Waals surface area (Å²) in [5.74, 6) is -0.500. The summed E-state index contributed by atoms with van der Waals surface area (Å²) in [4.78, 5) is 11.9. The Kier molecular flexibility index (Phi) is 6.83. The highest BCUT2D eigenvalue weighted by Crippen LogP contribution is 2.20. The van der Waals surface area contributed by atoms with Crippen LogP contribution in [0.25, 0.3) is 0 Å². The number of nitrogens with zero attached hydrogens (tertiary/aromatic N) is 2. The summed E-state index contributed by atoms with van der Waals surface area (Å²) in [6, 6.07) is 6.22. The molecule has 0 atom stereocenters. The smallest absolute Gasteiger partial charge is 0.260 e. The number of sulfonamides is 1. The van der Waals surface area contributed by atoms with Gasteiger partial charge in [0.2, 0.25) is 10.0 Å². The third kappa shape index (κ3) is 5.65. The van der Waals surface area contributed by atoms with Crippen molar-refractivity contribution < 1.29 is 13.2 Å². The Morgan fingerprint density at radius 2 is 1.77 bits per heavy atom. The van der Waals surface area contributed by atoms with E-state index in [2.05, 4.69) is 10.5 Å². The Bertz CT molecular complexity index is 636. The molecular formula is C14H20ClN3O3S. The van der Waals surface area contributed by atoms with Crippen LogP contribution in [0.4, 0.5) is 5.69 Å². The number of rotatable bonds is 7. The summed E-state index contributed by atoms with van der Waals surface area (Å²) in [5, 5.41) is 4.47. The molecule has 0 heterocycles. The summed E-state index contributed by atoms with van der Waals surface area (Å²) in [7, 11) is -3.59. The van der Waals surface area contributed by atoms with Crippen molar-refractivity contribution in [1.29, 1.82) is 0 Å². The second kappa shape index (κ2) is 8.14. The van der Waals surface area contributed by atoms with E-state index in [4.69, 9.17) is 11.6 Å². The van der Waals surface area contributed by atoms with Crippen molar-refractivity contribution in [3.8, 4) is 0 Å². The van der Waals surface area contributed by atoms with Gasteiger partial charge in [-0.05, 0) is 37.1 Å². The molecule has 8 heteroatoms. The fourth-order valence-electron chi connectivity index (χ4n) is 1.72. The Labute approximate surface area is 136 Å². The molecule has 0 saturated heterocycles. The SMILES string of the molecule is CCC(CC)=NNC(=O)CN(c1ccc(Cl)cc1)S(C)(=O)=O. The molecule has 6 nitrogen and oxygen atoms in total. The van der Waals surface area contributed by atoms with Crippen LogP contribution in [0, 0.1) is 0 Å². The summed E-state index contributed by atoms with van der Waals surface area (Å²) >= 11 is 5.79. The molecule has 0 bridgehead atoms. The van der Waals surface area contributed by atoms with Gasteiger partial charge >= 0.3 is 0 Å². The van der Waals surface area contributed by atoms with Crippen molar-refractivity contribution in [3.63, 3.8) is 0 Å². The van der Waals surface area contributed by atoms with Gasteiger partial charge in [0.1, 0.15) is 6.54 Å². The number of hydrogen-bond donors (Lipinski definition) is 1. The molecule has 0 spiro atoms. The molecule has 1 rings (SSSR count). The van der Waals surface area contributed by atoms with Gasteiger partial charge in [-0.15, -0.1) is 0 Å². The maximum Gasteiger partial charge on any atom is 0.260 e. The average molecular weight is 346 g/mol. The summed E-state index contributed by atoms with van der Waals surface area (Å²) in [5.41, 5.74) is 3.60. The molecule has 1 amide bonds. The lowest BCUT2D eigenvalue weighted by Crippen LogP contribution is -2.39. The molecule has 22 heavy (non-hydrogen) atoms. The number of carbonyl (C=O) groups is 1. The van der Waals surface area contributed by atoms with Crippen molar-refractivity contribution in [2.75, 3.05) is 17.1 Å². The first-order valence-corrected chi connectivity index (χ1v) is 9.08. The van der Waals surface area contributed by atoms with Crippen LogP contribution in [0.3, 0.4) is 0 Å². The highest BCUT2D eigenvalue weighted by atomic mass is 35.5. The fourth-order valence-corrected chi connectivity index (χ4v) is 2.71. The molecule has 0 aliphatic carbocycles. The number of halogens is 1. The molecule has 0 fully saturated rings. The number of benzene rings is 1. The van der Waals surface area contributed by atoms with E-state index in [0.717, 1.165) is 29.1 Å². The van der Waals surface area contributed by atoms with Crippen LogP contribution in [-0.4, -0.2) is 32.8 Å². The average Bonchev–Trinajstić information content (AvgIpc) is 2.46. The molecule has 0 aromatic heterocycles. The maximum absolute atomic E-state index is 11.9. The fraction of sp³-hybridized carbons (Fsp3) is 0.429. The van der Waals surface area contributed by atoms with E-state index in [1.54, 1.807) is 24.3 Å². The predicted molar refractivity (Wildman–Crippen MR) is 89.8 cm³/mol.